The van der Waals surface area contributed by atoms with E-state index in [1.165, 1.54) is 0 Å². The smallest absolute Gasteiger partial charge is 0.387 e. The molecule has 0 amide bonds. The van der Waals surface area contributed by atoms with E-state index in [9.17, 15) is 4.91 Å². The fourth-order valence-corrected chi connectivity index (χ4v) is 1.87. The summed E-state index contributed by atoms with van der Waals surface area (Å²) >= 11 is 2.12. The average molecular weight is 424 g/mol. The minimum absolute atomic E-state index is 0.280. The predicted octanol–water partition coefficient (Wildman–Crippen LogP) is 1.40. The van der Waals surface area contributed by atoms with E-state index in [1.54, 1.807) is 6.20 Å². The second-order valence-corrected chi connectivity index (χ2v) is 4.95. The van der Waals surface area contributed by atoms with Gasteiger partial charge in [-0.1, -0.05) is 0 Å². The van der Waals surface area contributed by atoms with Gasteiger partial charge in [-0.15, -0.1) is 0 Å². The third kappa shape index (κ3) is 9.74. The van der Waals surface area contributed by atoms with Crippen LogP contribution in [0.2, 0.25) is 0 Å². The Morgan fingerprint density at radius 2 is 1.68 bits per heavy atom. The normalized spacial score (nSPS) is 10.2. The fraction of sp³-hybridized carbons (Fsp3) is 0.615. The van der Waals surface area contributed by atoms with Gasteiger partial charge in [-0.3, -0.25) is 0 Å². The largest absolute Gasteiger partial charge is 0.488 e. The molecule has 0 aliphatic carbocycles. The molecule has 1 rings (SSSR count). The molecule has 0 saturated heterocycles. The van der Waals surface area contributed by atoms with Crippen LogP contribution in [0.1, 0.15) is 0 Å². The van der Waals surface area contributed by atoms with E-state index in [1.807, 2.05) is 12.1 Å². The van der Waals surface area contributed by atoms with Gasteiger partial charge in [0.05, 0.1) is 39.6 Å². The zero-order valence-electron chi connectivity index (χ0n) is 12.1. The molecule has 0 radical (unpaired) electrons. The molecule has 0 saturated carbocycles. The van der Waals surface area contributed by atoms with Crippen molar-refractivity contribution >= 4 is 22.6 Å². The molecule has 22 heavy (non-hydrogen) atoms. The summed E-state index contributed by atoms with van der Waals surface area (Å²) in [7, 11) is 0. The maximum absolute atomic E-state index is 9.66. The van der Waals surface area contributed by atoms with Gasteiger partial charge < -0.3 is 18.9 Å². The summed E-state index contributed by atoms with van der Waals surface area (Å²) in [5, 5.41) is 3.24. The molecule has 1 aromatic heterocycles. The number of nitroso groups, excluding NO2 is 1. The number of rotatable bonds is 13. The molecule has 0 aromatic carbocycles. The first kappa shape index (κ1) is 18.9. The highest BCUT2D eigenvalue weighted by molar-refractivity contribution is 14.1. The number of ether oxygens (including phenoxy) is 4. The minimum Gasteiger partial charge on any atom is -0.488 e. The third-order valence-corrected chi connectivity index (χ3v) is 3.16. The monoisotopic (exact) mass is 424 g/mol. The fourth-order valence-electron chi connectivity index (χ4n) is 1.38. The second-order valence-electron chi connectivity index (χ2n) is 3.92. The highest BCUT2D eigenvalue weighted by Gasteiger charge is 2.00. The van der Waals surface area contributed by atoms with Crippen molar-refractivity contribution in [2.75, 3.05) is 52.8 Å². The van der Waals surface area contributed by atoms with Gasteiger partial charge in [-0.05, 0) is 34.7 Å². The molecule has 122 valence electrons. The number of pyridine rings is 1. The molecule has 0 atom stereocenters. The van der Waals surface area contributed by atoms with Crippen LogP contribution in [0.3, 0.4) is 0 Å². The Hall–Kier alpha value is -1.13. The second kappa shape index (κ2) is 13.5. The molecule has 8 nitrogen and oxygen atoms in total. The Balaban J connectivity index is 1.84. The molecule has 1 heterocycles. The van der Waals surface area contributed by atoms with Crippen LogP contribution >= 0.6 is 22.6 Å². The van der Waals surface area contributed by atoms with Gasteiger partial charge in [-0.2, -0.15) is 0 Å². The number of nitrogens with zero attached hydrogens (tertiary/aromatic N) is 3. The summed E-state index contributed by atoms with van der Waals surface area (Å²) in [5.41, 5.74) is 0. The van der Waals surface area contributed by atoms with E-state index < -0.39 is 0 Å². The molecule has 0 fully saturated rings. The molecule has 0 N–H and O–H groups in total. The van der Waals surface area contributed by atoms with Gasteiger partial charge >= 0.3 is 4.97 Å². The van der Waals surface area contributed by atoms with Gasteiger partial charge in [0.1, 0.15) is 22.0 Å². The summed E-state index contributed by atoms with van der Waals surface area (Å²) in [4.78, 5) is 16.2. The van der Waals surface area contributed by atoms with Gasteiger partial charge in [0, 0.05) is 6.20 Å². The van der Waals surface area contributed by atoms with Crippen LogP contribution in [0.4, 0.5) is 0 Å². The number of hydrogen-bond donors (Lipinski definition) is 0. The van der Waals surface area contributed by atoms with E-state index in [-0.39, 0.29) is 6.54 Å². The van der Waals surface area contributed by atoms with Crippen LogP contribution in [-0.2, 0) is 14.2 Å². The predicted molar refractivity (Wildman–Crippen MR) is 87.7 cm³/mol. The van der Waals surface area contributed by atoms with Crippen LogP contribution < -0.4 is 9.71 Å². The van der Waals surface area contributed by atoms with Crippen molar-refractivity contribution in [3.05, 3.63) is 26.9 Å². The van der Waals surface area contributed by atoms with Crippen molar-refractivity contribution in [3.8, 4) is 5.75 Å². The lowest BCUT2D eigenvalue weighted by Crippen LogP contribution is -2.13. The van der Waals surface area contributed by atoms with Crippen LogP contribution in [0.25, 0.3) is 0 Å². The maximum Gasteiger partial charge on any atom is 0.387 e. The van der Waals surface area contributed by atoms with E-state index >= 15 is 0 Å². The molecule has 0 spiro atoms. The van der Waals surface area contributed by atoms with Gasteiger partial charge in [0.15, 0.2) is 10.7 Å². The van der Waals surface area contributed by atoms with Crippen molar-refractivity contribution in [3.63, 3.8) is 0 Å². The first-order valence-electron chi connectivity index (χ1n) is 6.80. The topological polar surface area (TPSA) is 93.3 Å². The van der Waals surface area contributed by atoms with Gasteiger partial charge in [-0.25, -0.2) is 4.98 Å². The quantitative estimate of drug-likeness (QED) is 0.156. The summed E-state index contributed by atoms with van der Waals surface area (Å²) < 4.78 is 22.2. The van der Waals surface area contributed by atoms with Crippen molar-refractivity contribution in [2.45, 2.75) is 0 Å². The van der Waals surface area contributed by atoms with Gasteiger partial charge in [0.2, 0.25) is 0 Å². The van der Waals surface area contributed by atoms with E-state index in [2.05, 4.69) is 37.7 Å². The highest BCUT2D eigenvalue weighted by atomic mass is 127. The van der Waals surface area contributed by atoms with Crippen LogP contribution in [0, 0.1) is 8.61 Å². The molecule has 0 aliphatic heterocycles. The van der Waals surface area contributed by atoms with Crippen molar-refractivity contribution in [2.24, 2.45) is 5.11 Å². The SMILES string of the molecule is O=[N+]=NCCOCCOCCOCCOc1cccnc1I. The van der Waals surface area contributed by atoms with Crippen molar-refractivity contribution in [1.29, 1.82) is 0 Å². The minimum atomic E-state index is 0.280. The molecule has 9 heteroatoms. The lowest BCUT2D eigenvalue weighted by atomic mass is 10.5. The Labute approximate surface area is 142 Å². The van der Waals surface area contributed by atoms with E-state index in [0.29, 0.717) is 46.2 Å². The highest BCUT2D eigenvalue weighted by Crippen LogP contribution is 2.16. The standard InChI is InChI=1S/C13H19IN3O5/c14-13-12(2-1-3-15-13)22-11-10-21-9-8-20-7-6-19-5-4-16-17-18/h1-3H,4-11H2/q+1. The Bertz CT molecular complexity index is 457. The summed E-state index contributed by atoms with van der Waals surface area (Å²) in [6, 6.07) is 3.70. The van der Waals surface area contributed by atoms with Crippen molar-refractivity contribution < 1.29 is 18.9 Å². The molecule has 1 aromatic rings. The van der Waals surface area contributed by atoms with E-state index in [0.717, 1.165) is 9.45 Å². The summed E-state index contributed by atoms with van der Waals surface area (Å²) in [6.07, 6.45) is 1.72. The maximum atomic E-state index is 9.66. The van der Waals surface area contributed by atoms with Crippen molar-refractivity contribution in [1.82, 2.24) is 9.96 Å². The lowest BCUT2D eigenvalue weighted by molar-refractivity contribution is 0.0104. The molecular weight excluding hydrogens is 405 g/mol. The van der Waals surface area contributed by atoms with Crippen LogP contribution in [0.15, 0.2) is 23.4 Å². The molecule has 0 unspecified atom stereocenters. The first-order valence-corrected chi connectivity index (χ1v) is 7.88. The molecule has 0 bridgehead atoms. The third-order valence-electron chi connectivity index (χ3n) is 2.35. The number of aromatic nitrogens is 1. The zero-order valence-corrected chi connectivity index (χ0v) is 14.3. The number of halogens is 1. The Morgan fingerprint density at radius 1 is 1.05 bits per heavy atom. The summed E-state index contributed by atoms with van der Waals surface area (Å²) in [6.45, 7) is 3.54. The van der Waals surface area contributed by atoms with E-state index in [4.69, 9.17) is 18.9 Å². The van der Waals surface area contributed by atoms with Crippen LogP contribution in [-0.4, -0.2) is 57.8 Å². The van der Waals surface area contributed by atoms with Gasteiger partial charge in [0.25, 0.3) is 0 Å². The molecule has 0 aliphatic rings. The van der Waals surface area contributed by atoms with Crippen LogP contribution in [0.5, 0.6) is 5.75 Å². The zero-order chi connectivity index (χ0) is 15.9. The first-order chi connectivity index (χ1) is 10.8. The average Bonchev–Trinajstić information content (AvgIpc) is 2.53. The Kier molecular flexibility index (Phi) is 11.6. The molecular formula is C13H19IN3O5+. The summed E-state index contributed by atoms with van der Waals surface area (Å²) in [5.74, 6) is 0.761. The Morgan fingerprint density at radius 3 is 2.32 bits per heavy atom. The number of hydrogen-bond acceptors (Lipinski definition) is 7. The lowest BCUT2D eigenvalue weighted by Gasteiger charge is -2.08.